The average molecular weight is 266 g/mol. The summed E-state index contributed by atoms with van der Waals surface area (Å²) in [6.07, 6.45) is 9.84. The van der Waals surface area contributed by atoms with Gasteiger partial charge in [-0.05, 0) is 24.3 Å². The molecule has 4 rings (SSSR count). The third-order valence-electron chi connectivity index (χ3n) is 3.96. The average Bonchev–Trinajstić information content (AvgIpc) is 3.17. The number of nitriles is 1. The number of anilines is 1. The van der Waals surface area contributed by atoms with Gasteiger partial charge < -0.3 is 4.90 Å². The molecule has 0 atom stereocenters. The van der Waals surface area contributed by atoms with E-state index in [9.17, 15) is 0 Å². The van der Waals surface area contributed by atoms with Crippen molar-refractivity contribution < 1.29 is 0 Å². The van der Waals surface area contributed by atoms with Crippen LogP contribution < -0.4 is 4.90 Å². The van der Waals surface area contributed by atoms with Crippen LogP contribution in [-0.2, 0) is 0 Å². The van der Waals surface area contributed by atoms with Crippen molar-refractivity contribution >= 4 is 5.95 Å². The monoisotopic (exact) mass is 266 g/mol. The molecule has 6 nitrogen and oxygen atoms in total. The summed E-state index contributed by atoms with van der Waals surface area (Å²) in [6, 6.07) is 2.40. The van der Waals surface area contributed by atoms with Gasteiger partial charge in [0.05, 0.1) is 17.8 Å². The molecule has 1 saturated heterocycles. The Morgan fingerprint density at radius 1 is 1.15 bits per heavy atom. The Hall–Kier alpha value is -2.42. The van der Waals surface area contributed by atoms with Crippen LogP contribution in [-0.4, -0.2) is 32.8 Å². The molecular weight excluding hydrogens is 252 g/mol. The Kier molecular flexibility index (Phi) is 2.46. The predicted octanol–water partition coefficient (Wildman–Crippen LogP) is 1.48. The molecule has 6 heteroatoms. The Labute approximate surface area is 116 Å². The van der Waals surface area contributed by atoms with Crippen LogP contribution >= 0.6 is 0 Å². The predicted molar refractivity (Wildman–Crippen MR) is 72.2 cm³/mol. The highest BCUT2D eigenvalue weighted by Crippen LogP contribution is 2.39. The summed E-state index contributed by atoms with van der Waals surface area (Å²) < 4.78 is 1.85. The summed E-state index contributed by atoms with van der Waals surface area (Å²) in [6.45, 7) is 1.69. The van der Waals surface area contributed by atoms with Crippen LogP contribution in [0.5, 0.6) is 0 Å². The van der Waals surface area contributed by atoms with Gasteiger partial charge in [0.25, 0.3) is 0 Å². The van der Waals surface area contributed by atoms with Gasteiger partial charge in [0.2, 0.25) is 5.95 Å². The number of aromatic nitrogens is 4. The summed E-state index contributed by atoms with van der Waals surface area (Å²) in [7, 11) is 0. The lowest BCUT2D eigenvalue weighted by atomic mass is 10.1. The minimum Gasteiger partial charge on any atom is -0.336 e. The quantitative estimate of drug-likeness (QED) is 0.841. The fourth-order valence-corrected chi connectivity index (χ4v) is 2.50. The van der Waals surface area contributed by atoms with Crippen molar-refractivity contribution in [3.05, 3.63) is 35.9 Å². The molecule has 0 aromatic carbocycles. The summed E-state index contributed by atoms with van der Waals surface area (Å²) in [4.78, 5) is 11.0. The van der Waals surface area contributed by atoms with E-state index in [1.54, 1.807) is 12.4 Å². The zero-order valence-electron chi connectivity index (χ0n) is 11.0. The maximum atomic E-state index is 8.80. The lowest BCUT2D eigenvalue weighted by Crippen LogP contribution is -2.48. The zero-order chi connectivity index (χ0) is 13.5. The second-order valence-corrected chi connectivity index (χ2v) is 5.47. The van der Waals surface area contributed by atoms with E-state index in [-0.39, 0.29) is 0 Å². The normalized spacial score (nSPS) is 18.6. The van der Waals surface area contributed by atoms with Crippen molar-refractivity contribution in [2.24, 2.45) is 0 Å². The van der Waals surface area contributed by atoms with E-state index in [1.165, 1.54) is 18.4 Å². The van der Waals surface area contributed by atoms with Gasteiger partial charge in [-0.15, -0.1) is 0 Å². The molecule has 2 aliphatic rings. The molecule has 2 aromatic heterocycles. The molecule has 3 heterocycles. The van der Waals surface area contributed by atoms with Gasteiger partial charge in [0.1, 0.15) is 6.07 Å². The van der Waals surface area contributed by atoms with E-state index >= 15 is 0 Å². The standard InChI is InChI=1S/C14H14N6/c15-3-10-4-18-20(7-10)13-8-19(9-13)14-16-5-12(6-17-14)11-1-2-11/h4-7,11,13H,1-2,8-9H2. The van der Waals surface area contributed by atoms with Crippen molar-refractivity contribution in [2.45, 2.75) is 24.8 Å². The van der Waals surface area contributed by atoms with Crippen LogP contribution in [0.25, 0.3) is 0 Å². The lowest BCUT2D eigenvalue weighted by molar-refractivity contribution is 0.363. The molecule has 1 saturated carbocycles. The van der Waals surface area contributed by atoms with Crippen molar-refractivity contribution in [2.75, 3.05) is 18.0 Å². The highest BCUT2D eigenvalue weighted by Gasteiger charge is 2.31. The Morgan fingerprint density at radius 3 is 2.50 bits per heavy atom. The minimum atomic E-state index is 0.309. The lowest BCUT2D eigenvalue weighted by Gasteiger charge is -2.39. The number of nitrogens with zero attached hydrogens (tertiary/aromatic N) is 6. The van der Waals surface area contributed by atoms with E-state index in [2.05, 4.69) is 26.0 Å². The van der Waals surface area contributed by atoms with E-state index in [4.69, 9.17) is 5.26 Å². The molecule has 0 spiro atoms. The van der Waals surface area contributed by atoms with Crippen molar-refractivity contribution in [1.82, 2.24) is 19.7 Å². The Bertz CT molecular complexity index is 658. The van der Waals surface area contributed by atoms with Crippen LogP contribution in [0.2, 0.25) is 0 Å². The van der Waals surface area contributed by atoms with E-state index in [0.717, 1.165) is 19.0 Å². The molecular formula is C14H14N6. The van der Waals surface area contributed by atoms with Gasteiger partial charge in [-0.25, -0.2) is 9.97 Å². The van der Waals surface area contributed by atoms with Gasteiger partial charge >= 0.3 is 0 Å². The molecule has 0 bridgehead atoms. The molecule has 0 radical (unpaired) electrons. The molecule has 2 aromatic rings. The number of rotatable bonds is 3. The second kappa shape index (κ2) is 4.30. The Balaban J connectivity index is 1.41. The van der Waals surface area contributed by atoms with Gasteiger partial charge in [-0.3, -0.25) is 4.68 Å². The molecule has 1 aliphatic carbocycles. The molecule has 20 heavy (non-hydrogen) atoms. The summed E-state index contributed by atoms with van der Waals surface area (Å²) >= 11 is 0. The van der Waals surface area contributed by atoms with Gasteiger partial charge in [-0.2, -0.15) is 10.4 Å². The van der Waals surface area contributed by atoms with Crippen molar-refractivity contribution in [3.63, 3.8) is 0 Å². The van der Waals surface area contributed by atoms with Gasteiger partial charge in [0, 0.05) is 31.7 Å². The summed E-state index contributed by atoms with van der Waals surface area (Å²) in [5.41, 5.74) is 1.87. The first-order chi connectivity index (χ1) is 9.83. The van der Waals surface area contributed by atoms with E-state index in [1.807, 2.05) is 17.1 Å². The molecule has 100 valence electrons. The highest BCUT2D eigenvalue weighted by molar-refractivity contribution is 5.36. The molecule has 0 unspecified atom stereocenters. The van der Waals surface area contributed by atoms with Crippen molar-refractivity contribution in [1.29, 1.82) is 5.26 Å². The topological polar surface area (TPSA) is 70.6 Å². The zero-order valence-corrected chi connectivity index (χ0v) is 11.0. The van der Waals surface area contributed by atoms with E-state index in [0.29, 0.717) is 17.5 Å². The molecule has 0 amide bonds. The Morgan fingerprint density at radius 2 is 1.90 bits per heavy atom. The van der Waals surface area contributed by atoms with Crippen LogP contribution in [0.1, 0.15) is 35.9 Å². The van der Waals surface area contributed by atoms with Gasteiger partial charge in [0.15, 0.2) is 0 Å². The first-order valence-electron chi connectivity index (χ1n) is 6.84. The van der Waals surface area contributed by atoms with Gasteiger partial charge in [-0.1, -0.05) is 0 Å². The molecule has 2 fully saturated rings. The van der Waals surface area contributed by atoms with Crippen LogP contribution in [0.4, 0.5) is 5.95 Å². The molecule has 0 N–H and O–H groups in total. The minimum absolute atomic E-state index is 0.309. The van der Waals surface area contributed by atoms with Crippen molar-refractivity contribution in [3.8, 4) is 6.07 Å². The van der Waals surface area contributed by atoms with Crippen LogP contribution in [0, 0.1) is 11.3 Å². The van der Waals surface area contributed by atoms with Crippen LogP contribution in [0.15, 0.2) is 24.8 Å². The maximum absolute atomic E-state index is 8.80. The van der Waals surface area contributed by atoms with Crippen LogP contribution in [0.3, 0.4) is 0 Å². The summed E-state index contributed by atoms with van der Waals surface area (Å²) in [5.74, 6) is 1.49. The maximum Gasteiger partial charge on any atom is 0.225 e. The SMILES string of the molecule is N#Cc1cnn(C2CN(c3ncc(C4CC4)cn3)C2)c1. The number of hydrogen-bond donors (Lipinski definition) is 0. The first kappa shape index (κ1) is 11.4. The fourth-order valence-electron chi connectivity index (χ4n) is 2.50. The molecule has 1 aliphatic heterocycles. The third kappa shape index (κ3) is 1.92. The second-order valence-electron chi connectivity index (χ2n) is 5.47. The first-order valence-corrected chi connectivity index (χ1v) is 6.84. The number of hydrogen-bond acceptors (Lipinski definition) is 5. The summed E-state index contributed by atoms with van der Waals surface area (Å²) in [5, 5.41) is 13.0. The highest BCUT2D eigenvalue weighted by atomic mass is 15.4. The third-order valence-corrected chi connectivity index (χ3v) is 3.96. The fraction of sp³-hybridized carbons (Fsp3) is 0.429. The smallest absolute Gasteiger partial charge is 0.225 e. The largest absolute Gasteiger partial charge is 0.336 e. The van der Waals surface area contributed by atoms with E-state index < -0.39 is 0 Å².